The van der Waals surface area contributed by atoms with E-state index in [1.807, 2.05) is 19.1 Å². The monoisotopic (exact) mass is 223 g/mol. The van der Waals surface area contributed by atoms with Gasteiger partial charge in [-0.05, 0) is 38.4 Å². The van der Waals surface area contributed by atoms with Crippen LogP contribution in [0.3, 0.4) is 0 Å². The van der Waals surface area contributed by atoms with Crippen LogP contribution in [0.5, 0.6) is 0 Å². The van der Waals surface area contributed by atoms with Crippen LogP contribution in [0.4, 0.5) is 0 Å². The lowest BCUT2D eigenvalue weighted by atomic mass is 9.90. The van der Waals surface area contributed by atoms with Crippen LogP contribution in [0.2, 0.25) is 5.02 Å². The highest BCUT2D eigenvalue weighted by atomic mass is 35.5. The number of ketones is 1. The van der Waals surface area contributed by atoms with E-state index in [-0.39, 0.29) is 5.78 Å². The SMILES string of the molecule is CC1(C(=O)c2ccccc2Cl)CCCN1. The van der Waals surface area contributed by atoms with Gasteiger partial charge in [0.2, 0.25) is 0 Å². The second-order valence-electron chi connectivity index (χ2n) is 4.17. The summed E-state index contributed by atoms with van der Waals surface area (Å²) in [6.45, 7) is 2.86. The zero-order chi connectivity index (χ0) is 10.9. The summed E-state index contributed by atoms with van der Waals surface area (Å²) in [5.74, 6) is 0.102. The molecule has 1 N–H and O–H groups in total. The van der Waals surface area contributed by atoms with Gasteiger partial charge in [-0.3, -0.25) is 4.79 Å². The van der Waals surface area contributed by atoms with Gasteiger partial charge < -0.3 is 5.32 Å². The summed E-state index contributed by atoms with van der Waals surface area (Å²) in [6, 6.07) is 7.23. The number of rotatable bonds is 2. The van der Waals surface area contributed by atoms with Crippen LogP contribution in [0.25, 0.3) is 0 Å². The number of nitrogens with one attached hydrogen (secondary N) is 1. The highest BCUT2D eigenvalue weighted by Crippen LogP contribution is 2.26. The number of hydrogen-bond acceptors (Lipinski definition) is 2. The largest absolute Gasteiger partial charge is 0.305 e. The van der Waals surface area contributed by atoms with Gasteiger partial charge in [0.25, 0.3) is 0 Å². The van der Waals surface area contributed by atoms with Crippen molar-refractivity contribution in [1.82, 2.24) is 5.32 Å². The molecule has 1 saturated heterocycles. The number of hydrogen-bond donors (Lipinski definition) is 1. The molecule has 80 valence electrons. The lowest BCUT2D eigenvalue weighted by Crippen LogP contribution is -2.44. The second-order valence-corrected chi connectivity index (χ2v) is 4.58. The molecule has 0 aromatic heterocycles. The molecule has 0 spiro atoms. The summed E-state index contributed by atoms with van der Waals surface area (Å²) < 4.78 is 0. The molecule has 1 unspecified atom stereocenters. The molecule has 0 amide bonds. The standard InChI is InChI=1S/C12H14ClNO/c1-12(7-4-8-14-12)11(15)9-5-2-3-6-10(9)13/h2-3,5-6,14H,4,7-8H2,1H3. The fraction of sp³-hybridized carbons (Fsp3) is 0.417. The average Bonchev–Trinajstić information content (AvgIpc) is 2.66. The smallest absolute Gasteiger partial charge is 0.184 e. The van der Waals surface area contributed by atoms with Crippen molar-refractivity contribution < 1.29 is 4.79 Å². The first kappa shape index (κ1) is 10.7. The quantitative estimate of drug-likeness (QED) is 0.782. The van der Waals surface area contributed by atoms with Crippen molar-refractivity contribution in [2.75, 3.05) is 6.54 Å². The van der Waals surface area contributed by atoms with Crippen LogP contribution in [-0.4, -0.2) is 17.9 Å². The molecule has 0 aliphatic carbocycles. The van der Waals surface area contributed by atoms with Crippen LogP contribution >= 0.6 is 11.6 Å². The maximum absolute atomic E-state index is 12.2. The summed E-state index contributed by atoms with van der Waals surface area (Å²) in [4.78, 5) is 12.2. The molecule has 1 aromatic rings. The highest BCUT2D eigenvalue weighted by Gasteiger charge is 2.36. The number of halogens is 1. The van der Waals surface area contributed by atoms with Gasteiger partial charge in [0.05, 0.1) is 10.6 Å². The van der Waals surface area contributed by atoms with Crippen molar-refractivity contribution in [3.63, 3.8) is 0 Å². The Bertz CT molecular complexity index is 383. The van der Waals surface area contributed by atoms with Gasteiger partial charge in [0.15, 0.2) is 5.78 Å². The van der Waals surface area contributed by atoms with Crippen LogP contribution < -0.4 is 5.32 Å². The van der Waals surface area contributed by atoms with Crippen LogP contribution in [0, 0.1) is 0 Å². The van der Waals surface area contributed by atoms with Crippen LogP contribution in [-0.2, 0) is 0 Å². The lowest BCUT2D eigenvalue weighted by Gasteiger charge is -2.23. The van der Waals surface area contributed by atoms with E-state index >= 15 is 0 Å². The van der Waals surface area contributed by atoms with E-state index in [1.165, 1.54) is 0 Å². The van der Waals surface area contributed by atoms with E-state index in [9.17, 15) is 4.79 Å². The summed E-state index contributed by atoms with van der Waals surface area (Å²) in [6.07, 6.45) is 1.93. The van der Waals surface area contributed by atoms with Crippen LogP contribution in [0.1, 0.15) is 30.1 Å². The zero-order valence-corrected chi connectivity index (χ0v) is 9.47. The Balaban J connectivity index is 2.32. The molecule has 1 aliphatic rings. The minimum absolute atomic E-state index is 0.102. The minimum Gasteiger partial charge on any atom is -0.305 e. The summed E-state index contributed by atoms with van der Waals surface area (Å²) >= 11 is 6.01. The third-order valence-electron chi connectivity index (χ3n) is 2.99. The van der Waals surface area contributed by atoms with Gasteiger partial charge in [-0.25, -0.2) is 0 Å². The fourth-order valence-electron chi connectivity index (χ4n) is 2.03. The molecular formula is C12H14ClNO. The Kier molecular flexibility index (Phi) is 2.81. The minimum atomic E-state index is -0.426. The van der Waals surface area contributed by atoms with Crippen molar-refractivity contribution in [2.45, 2.75) is 25.3 Å². The highest BCUT2D eigenvalue weighted by molar-refractivity contribution is 6.34. The molecule has 1 fully saturated rings. The van der Waals surface area contributed by atoms with E-state index in [0.717, 1.165) is 19.4 Å². The van der Waals surface area contributed by atoms with E-state index < -0.39 is 5.54 Å². The summed E-state index contributed by atoms with van der Waals surface area (Å²) in [5.41, 5.74) is 0.196. The summed E-state index contributed by atoms with van der Waals surface area (Å²) in [5, 5.41) is 3.79. The molecule has 2 rings (SSSR count). The van der Waals surface area contributed by atoms with Gasteiger partial charge in [0, 0.05) is 5.56 Å². The molecule has 15 heavy (non-hydrogen) atoms. The Morgan fingerprint density at radius 1 is 1.47 bits per heavy atom. The Labute approximate surface area is 94.6 Å². The Morgan fingerprint density at radius 2 is 2.20 bits per heavy atom. The number of benzene rings is 1. The maximum atomic E-state index is 12.2. The first-order chi connectivity index (χ1) is 7.13. The Morgan fingerprint density at radius 3 is 2.80 bits per heavy atom. The van der Waals surface area contributed by atoms with Crippen molar-refractivity contribution in [3.8, 4) is 0 Å². The fourth-order valence-corrected chi connectivity index (χ4v) is 2.25. The zero-order valence-electron chi connectivity index (χ0n) is 8.72. The van der Waals surface area contributed by atoms with Crippen molar-refractivity contribution >= 4 is 17.4 Å². The van der Waals surface area contributed by atoms with Gasteiger partial charge in [-0.15, -0.1) is 0 Å². The van der Waals surface area contributed by atoms with Gasteiger partial charge in [0.1, 0.15) is 0 Å². The first-order valence-electron chi connectivity index (χ1n) is 5.18. The predicted octanol–water partition coefficient (Wildman–Crippen LogP) is 2.66. The number of carbonyl (C=O) groups is 1. The third kappa shape index (κ3) is 1.92. The van der Waals surface area contributed by atoms with Crippen LogP contribution in [0.15, 0.2) is 24.3 Å². The van der Waals surface area contributed by atoms with Gasteiger partial charge >= 0.3 is 0 Å². The molecule has 1 aliphatic heterocycles. The molecule has 2 nitrogen and oxygen atoms in total. The number of Topliss-reactive ketones (excluding diaryl/α,β-unsaturated/α-hetero) is 1. The normalized spacial score (nSPS) is 25.5. The topological polar surface area (TPSA) is 29.1 Å². The molecule has 1 aromatic carbocycles. The molecular weight excluding hydrogens is 210 g/mol. The average molecular weight is 224 g/mol. The van der Waals surface area contributed by atoms with E-state index in [2.05, 4.69) is 5.32 Å². The third-order valence-corrected chi connectivity index (χ3v) is 3.32. The number of carbonyl (C=O) groups excluding carboxylic acids is 1. The second kappa shape index (κ2) is 3.95. The van der Waals surface area contributed by atoms with Gasteiger partial charge in [-0.2, -0.15) is 0 Å². The Hall–Kier alpha value is -0.860. The van der Waals surface area contributed by atoms with Crippen molar-refractivity contribution in [1.29, 1.82) is 0 Å². The maximum Gasteiger partial charge on any atom is 0.184 e. The van der Waals surface area contributed by atoms with Crippen molar-refractivity contribution in [3.05, 3.63) is 34.9 Å². The van der Waals surface area contributed by atoms with E-state index in [0.29, 0.717) is 10.6 Å². The molecule has 1 heterocycles. The predicted molar refractivity (Wildman–Crippen MR) is 61.4 cm³/mol. The summed E-state index contributed by atoms with van der Waals surface area (Å²) in [7, 11) is 0. The molecule has 0 saturated carbocycles. The molecule has 1 atom stereocenters. The van der Waals surface area contributed by atoms with Gasteiger partial charge in [-0.1, -0.05) is 23.7 Å². The molecule has 0 radical (unpaired) electrons. The lowest BCUT2D eigenvalue weighted by molar-refractivity contribution is 0.0884. The molecule has 0 bridgehead atoms. The van der Waals surface area contributed by atoms with E-state index in [1.54, 1.807) is 12.1 Å². The van der Waals surface area contributed by atoms with Crippen molar-refractivity contribution in [2.24, 2.45) is 0 Å². The first-order valence-corrected chi connectivity index (χ1v) is 5.56. The molecule has 3 heteroatoms. The van der Waals surface area contributed by atoms with E-state index in [4.69, 9.17) is 11.6 Å².